The molecule has 2 amide bonds. The number of amides is 2. The van der Waals surface area contributed by atoms with Crippen molar-refractivity contribution >= 4 is 23.2 Å². The first-order valence-electron chi connectivity index (χ1n) is 5.11. The van der Waals surface area contributed by atoms with Gasteiger partial charge in [-0.05, 0) is 30.7 Å². The van der Waals surface area contributed by atoms with Crippen LogP contribution in [0.1, 0.15) is 12.8 Å². The molecule has 0 bridgehead atoms. The van der Waals surface area contributed by atoms with Crippen molar-refractivity contribution in [3.8, 4) is 0 Å². The van der Waals surface area contributed by atoms with Crippen LogP contribution < -0.4 is 16.4 Å². The molecule has 1 unspecified atom stereocenters. The predicted molar refractivity (Wildman–Crippen MR) is 60.6 cm³/mol. The van der Waals surface area contributed by atoms with Gasteiger partial charge in [-0.25, -0.2) is 0 Å². The summed E-state index contributed by atoms with van der Waals surface area (Å²) < 4.78 is 0. The fourth-order valence-electron chi connectivity index (χ4n) is 1.61. The average molecular weight is 219 g/mol. The molecule has 5 heteroatoms. The summed E-state index contributed by atoms with van der Waals surface area (Å²) in [6.45, 7) is 0. The van der Waals surface area contributed by atoms with Gasteiger partial charge in [-0.3, -0.25) is 9.59 Å². The molecule has 0 saturated carbocycles. The highest BCUT2D eigenvalue weighted by Crippen LogP contribution is 2.13. The van der Waals surface area contributed by atoms with Crippen LogP contribution in [-0.2, 0) is 9.59 Å². The van der Waals surface area contributed by atoms with Gasteiger partial charge in [0, 0.05) is 17.8 Å². The standard InChI is InChI=1S/C11H13N3O2/c12-7-1-3-8(4-2-7)13-11(16)9-5-6-10(15)14-9/h1-4,9H,5-6,12H2,(H,13,16)(H,14,15). The lowest BCUT2D eigenvalue weighted by Crippen LogP contribution is -2.37. The quantitative estimate of drug-likeness (QED) is 0.633. The van der Waals surface area contributed by atoms with E-state index >= 15 is 0 Å². The van der Waals surface area contributed by atoms with Gasteiger partial charge < -0.3 is 16.4 Å². The topological polar surface area (TPSA) is 84.2 Å². The van der Waals surface area contributed by atoms with Crippen molar-refractivity contribution in [3.63, 3.8) is 0 Å². The van der Waals surface area contributed by atoms with Crippen molar-refractivity contribution in [1.29, 1.82) is 0 Å². The van der Waals surface area contributed by atoms with E-state index in [0.717, 1.165) is 0 Å². The van der Waals surface area contributed by atoms with E-state index in [2.05, 4.69) is 10.6 Å². The second-order valence-corrected chi connectivity index (χ2v) is 3.77. The maximum absolute atomic E-state index is 11.7. The van der Waals surface area contributed by atoms with Crippen LogP contribution in [0.15, 0.2) is 24.3 Å². The lowest BCUT2D eigenvalue weighted by atomic mass is 10.2. The minimum absolute atomic E-state index is 0.0718. The van der Waals surface area contributed by atoms with Gasteiger partial charge in [-0.1, -0.05) is 0 Å². The number of nitrogen functional groups attached to an aromatic ring is 1. The van der Waals surface area contributed by atoms with Gasteiger partial charge in [-0.15, -0.1) is 0 Å². The Balaban J connectivity index is 1.97. The van der Waals surface area contributed by atoms with Gasteiger partial charge >= 0.3 is 0 Å². The molecule has 2 rings (SSSR count). The summed E-state index contributed by atoms with van der Waals surface area (Å²) in [6.07, 6.45) is 0.972. The molecule has 1 aliphatic heterocycles. The molecule has 0 spiro atoms. The molecule has 1 aliphatic rings. The minimum Gasteiger partial charge on any atom is -0.399 e. The van der Waals surface area contributed by atoms with E-state index in [1.54, 1.807) is 24.3 Å². The second kappa shape index (κ2) is 4.22. The zero-order valence-corrected chi connectivity index (χ0v) is 8.69. The summed E-state index contributed by atoms with van der Waals surface area (Å²) in [4.78, 5) is 22.6. The number of anilines is 2. The molecule has 1 aromatic carbocycles. The molecule has 84 valence electrons. The van der Waals surface area contributed by atoms with Crippen LogP contribution in [0.2, 0.25) is 0 Å². The van der Waals surface area contributed by atoms with Crippen molar-refractivity contribution in [3.05, 3.63) is 24.3 Å². The van der Waals surface area contributed by atoms with E-state index in [9.17, 15) is 9.59 Å². The van der Waals surface area contributed by atoms with E-state index in [1.807, 2.05) is 0 Å². The normalized spacial score (nSPS) is 19.2. The van der Waals surface area contributed by atoms with E-state index in [-0.39, 0.29) is 11.8 Å². The fraction of sp³-hybridized carbons (Fsp3) is 0.273. The zero-order chi connectivity index (χ0) is 11.5. The molecule has 4 N–H and O–H groups in total. The lowest BCUT2D eigenvalue weighted by Gasteiger charge is -2.10. The number of carbonyl (C=O) groups excluding carboxylic acids is 2. The third kappa shape index (κ3) is 2.31. The Morgan fingerprint density at radius 1 is 1.38 bits per heavy atom. The van der Waals surface area contributed by atoms with Gasteiger partial charge in [0.15, 0.2) is 0 Å². The van der Waals surface area contributed by atoms with Crippen LogP contribution in [0.25, 0.3) is 0 Å². The summed E-state index contributed by atoms with van der Waals surface area (Å²) >= 11 is 0. The smallest absolute Gasteiger partial charge is 0.246 e. The van der Waals surface area contributed by atoms with Gasteiger partial charge in [0.1, 0.15) is 6.04 Å². The minimum atomic E-state index is -0.412. The molecular formula is C11H13N3O2. The van der Waals surface area contributed by atoms with Crippen LogP contribution in [0.4, 0.5) is 11.4 Å². The Morgan fingerprint density at radius 2 is 2.06 bits per heavy atom. The third-order valence-corrected chi connectivity index (χ3v) is 2.49. The Bertz CT molecular complexity index is 414. The van der Waals surface area contributed by atoms with Gasteiger partial charge in [0.25, 0.3) is 0 Å². The van der Waals surface area contributed by atoms with Gasteiger partial charge in [0.2, 0.25) is 11.8 Å². The molecule has 1 saturated heterocycles. The molecular weight excluding hydrogens is 206 g/mol. The van der Waals surface area contributed by atoms with E-state index < -0.39 is 6.04 Å². The second-order valence-electron chi connectivity index (χ2n) is 3.77. The van der Waals surface area contributed by atoms with Crippen molar-refractivity contribution in [2.45, 2.75) is 18.9 Å². The highest BCUT2D eigenvalue weighted by Gasteiger charge is 2.26. The Morgan fingerprint density at radius 3 is 2.62 bits per heavy atom. The summed E-state index contributed by atoms with van der Waals surface area (Å²) in [7, 11) is 0. The highest BCUT2D eigenvalue weighted by molar-refractivity contribution is 5.99. The SMILES string of the molecule is Nc1ccc(NC(=O)C2CCC(=O)N2)cc1. The highest BCUT2D eigenvalue weighted by atomic mass is 16.2. The maximum Gasteiger partial charge on any atom is 0.246 e. The number of hydrogen-bond donors (Lipinski definition) is 3. The Kier molecular flexibility index (Phi) is 2.76. The van der Waals surface area contributed by atoms with Crippen LogP contribution in [0.5, 0.6) is 0 Å². The molecule has 1 heterocycles. The molecule has 0 aliphatic carbocycles. The first kappa shape index (κ1) is 10.5. The van der Waals surface area contributed by atoms with E-state index in [1.165, 1.54) is 0 Å². The van der Waals surface area contributed by atoms with E-state index in [4.69, 9.17) is 5.73 Å². The molecule has 0 radical (unpaired) electrons. The number of nitrogens with two attached hydrogens (primary N) is 1. The Hall–Kier alpha value is -2.04. The summed E-state index contributed by atoms with van der Waals surface area (Å²) in [5.74, 6) is -0.256. The fourth-order valence-corrected chi connectivity index (χ4v) is 1.61. The monoisotopic (exact) mass is 219 g/mol. The van der Waals surface area contributed by atoms with Crippen molar-refractivity contribution < 1.29 is 9.59 Å². The van der Waals surface area contributed by atoms with Crippen LogP contribution in [0, 0.1) is 0 Å². The first-order valence-corrected chi connectivity index (χ1v) is 5.11. The van der Waals surface area contributed by atoms with Gasteiger partial charge in [0.05, 0.1) is 0 Å². The largest absolute Gasteiger partial charge is 0.399 e. The molecule has 1 fully saturated rings. The van der Waals surface area contributed by atoms with Crippen LogP contribution in [0.3, 0.4) is 0 Å². The van der Waals surface area contributed by atoms with E-state index in [0.29, 0.717) is 24.2 Å². The van der Waals surface area contributed by atoms with Crippen LogP contribution >= 0.6 is 0 Å². The number of hydrogen-bond acceptors (Lipinski definition) is 3. The van der Waals surface area contributed by atoms with Crippen molar-refractivity contribution in [2.75, 3.05) is 11.1 Å². The zero-order valence-electron chi connectivity index (χ0n) is 8.69. The molecule has 16 heavy (non-hydrogen) atoms. The maximum atomic E-state index is 11.7. The predicted octanol–water partition coefficient (Wildman–Crippen LogP) is 0.486. The average Bonchev–Trinajstić information content (AvgIpc) is 2.68. The molecule has 0 aromatic heterocycles. The van der Waals surface area contributed by atoms with Gasteiger partial charge in [-0.2, -0.15) is 0 Å². The summed E-state index contributed by atoms with van der Waals surface area (Å²) in [5, 5.41) is 5.33. The first-order chi connectivity index (χ1) is 7.65. The number of benzene rings is 1. The number of nitrogens with one attached hydrogen (secondary N) is 2. The van der Waals surface area contributed by atoms with Crippen molar-refractivity contribution in [1.82, 2.24) is 5.32 Å². The van der Waals surface area contributed by atoms with Crippen molar-refractivity contribution in [2.24, 2.45) is 0 Å². The lowest BCUT2D eigenvalue weighted by molar-refractivity contribution is -0.122. The third-order valence-electron chi connectivity index (χ3n) is 2.49. The molecule has 1 atom stereocenters. The van der Waals surface area contributed by atoms with Crippen LogP contribution in [-0.4, -0.2) is 17.9 Å². The summed E-state index contributed by atoms with van der Waals surface area (Å²) in [5.41, 5.74) is 6.85. The molecule has 1 aromatic rings. The Labute approximate surface area is 93.0 Å². The molecule has 5 nitrogen and oxygen atoms in total. The number of carbonyl (C=O) groups is 2. The summed E-state index contributed by atoms with van der Waals surface area (Å²) in [6, 6.07) is 6.46. The number of rotatable bonds is 2.